The number of rotatable bonds is 7. The third kappa shape index (κ3) is 5.61. The topological polar surface area (TPSA) is 21.3 Å². The van der Waals surface area contributed by atoms with Gasteiger partial charge in [0.25, 0.3) is 0 Å². The van der Waals surface area contributed by atoms with Crippen molar-refractivity contribution in [2.45, 2.75) is 45.4 Å². The second-order valence-electron chi connectivity index (χ2n) is 4.32. The molecule has 0 spiro atoms. The molecule has 84 valence electrons. The van der Waals surface area contributed by atoms with E-state index in [9.17, 15) is 0 Å². The van der Waals surface area contributed by atoms with E-state index in [-0.39, 0.29) is 0 Å². The Morgan fingerprint density at radius 2 is 1.93 bits per heavy atom. The summed E-state index contributed by atoms with van der Waals surface area (Å²) in [6.45, 7) is 6.16. The first kappa shape index (κ1) is 12.0. The van der Waals surface area contributed by atoms with E-state index in [2.05, 4.69) is 12.2 Å². The minimum atomic E-state index is 0.876. The number of ether oxygens (including phenoxy) is 1. The normalized spacial score (nSPS) is 18.6. The van der Waals surface area contributed by atoms with Gasteiger partial charge in [-0.3, -0.25) is 0 Å². The molecule has 0 amide bonds. The van der Waals surface area contributed by atoms with Crippen molar-refractivity contribution in [2.24, 2.45) is 5.92 Å². The van der Waals surface area contributed by atoms with Gasteiger partial charge in [-0.15, -0.1) is 0 Å². The molecule has 14 heavy (non-hydrogen) atoms. The quantitative estimate of drug-likeness (QED) is 0.636. The van der Waals surface area contributed by atoms with Crippen molar-refractivity contribution in [3.63, 3.8) is 0 Å². The molecule has 0 radical (unpaired) electrons. The highest BCUT2D eigenvalue weighted by Gasteiger charge is 2.11. The zero-order valence-electron chi connectivity index (χ0n) is 9.56. The highest BCUT2D eigenvalue weighted by molar-refractivity contribution is 4.67. The predicted molar refractivity (Wildman–Crippen MR) is 60.6 cm³/mol. The lowest BCUT2D eigenvalue weighted by atomic mass is 9.89. The molecule has 0 unspecified atom stereocenters. The Morgan fingerprint density at radius 1 is 1.14 bits per heavy atom. The summed E-state index contributed by atoms with van der Waals surface area (Å²) in [6.07, 6.45) is 8.34. The van der Waals surface area contributed by atoms with Crippen LogP contribution in [0.5, 0.6) is 0 Å². The maximum absolute atomic E-state index is 5.41. The van der Waals surface area contributed by atoms with Crippen LogP contribution < -0.4 is 5.32 Å². The first-order valence-electron chi connectivity index (χ1n) is 6.22. The van der Waals surface area contributed by atoms with Crippen LogP contribution in [0.15, 0.2) is 0 Å². The van der Waals surface area contributed by atoms with Crippen LogP contribution in [-0.2, 0) is 4.74 Å². The van der Waals surface area contributed by atoms with Crippen LogP contribution in [-0.4, -0.2) is 26.3 Å². The molecule has 1 aliphatic carbocycles. The molecule has 2 nitrogen and oxygen atoms in total. The Hall–Kier alpha value is -0.0800. The third-order valence-electron chi connectivity index (χ3n) is 2.93. The second kappa shape index (κ2) is 8.25. The molecule has 0 bridgehead atoms. The molecule has 0 aromatic rings. The summed E-state index contributed by atoms with van der Waals surface area (Å²) in [7, 11) is 0. The van der Waals surface area contributed by atoms with E-state index in [1.54, 1.807) is 0 Å². The van der Waals surface area contributed by atoms with Crippen molar-refractivity contribution in [1.29, 1.82) is 0 Å². The summed E-state index contributed by atoms with van der Waals surface area (Å²) in [5, 5.41) is 3.49. The Bertz CT molecular complexity index is 121. The molecule has 1 N–H and O–H groups in total. The summed E-state index contributed by atoms with van der Waals surface area (Å²) in [5.74, 6) is 0.940. The van der Waals surface area contributed by atoms with Gasteiger partial charge in [-0.25, -0.2) is 0 Å². The van der Waals surface area contributed by atoms with Crippen LogP contribution in [0.1, 0.15) is 45.4 Å². The first-order valence-corrected chi connectivity index (χ1v) is 6.22. The molecule has 2 heteroatoms. The van der Waals surface area contributed by atoms with Crippen molar-refractivity contribution < 1.29 is 4.74 Å². The van der Waals surface area contributed by atoms with E-state index in [1.807, 2.05) is 0 Å². The van der Waals surface area contributed by atoms with Gasteiger partial charge in [0.2, 0.25) is 0 Å². The molecule has 0 atom stereocenters. The smallest absolute Gasteiger partial charge is 0.0590 e. The van der Waals surface area contributed by atoms with Crippen molar-refractivity contribution >= 4 is 0 Å². The van der Waals surface area contributed by atoms with Gasteiger partial charge in [0.05, 0.1) is 6.61 Å². The molecular weight excluding hydrogens is 174 g/mol. The van der Waals surface area contributed by atoms with Crippen molar-refractivity contribution in [2.75, 3.05) is 26.3 Å². The zero-order valence-corrected chi connectivity index (χ0v) is 9.56. The standard InChI is InChI=1S/C12H25NO/c1-2-9-14-10-8-13-11-12-6-4-3-5-7-12/h12-13H,2-11H2,1H3. The Labute approximate surface area is 88.4 Å². The fourth-order valence-corrected chi connectivity index (χ4v) is 2.09. The van der Waals surface area contributed by atoms with Crippen molar-refractivity contribution in [3.8, 4) is 0 Å². The SMILES string of the molecule is CCCOCCNCC1CCCCC1. The highest BCUT2D eigenvalue weighted by atomic mass is 16.5. The minimum Gasteiger partial charge on any atom is -0.380 e. The number of hydrogen-bond acceptors (Lipinski definition) is 2. The average molecular weight is 199 g/mol. The van der Waals surface area contributed by atoms with Crippen LogP contribution in [0.4, 0.5) is 0 Å². The maximum Gasteiger partial charge on any atom is 0.0590 e. The summed E-state index contributed by atoms with van der Waals surface area (Å²) in [4.78, 5) is 0. The van der Waals surface area contributed by atoms with Crippen LogP contribution in [0.2, 0.25) is 0 Å². The van der Waals surface area contributed by atoms with E-state index < -0.39 is 0 Å². The van der Waals surface area contributed by atoms with Gasteiger partial charge in [-0.05, 0) is 31.7 Å². The molecule has 0 saturated heterocycles. The van der Waals surface area contributed by atoms with Gasteiger partial charge >= 0.3 is 0 Å². The van der Waals surface area contributed by atoms with Crippen LogP contribution in [0, 0.1) is 5.92 Å². The molecule has 0 heterocycles. The monoisotopic (exact) mass is 199 g/mol. The van der Waals surface area contributed by atoms with Crippen molar-refractivity contribution in [3.05, 3.63) is 0 Å². The van der Waals surface area contributed by atoms with E-state index in [0.29, 0.717) is 0 Å². The van der Waals surface area contributed by atoms with Gasteiger partial charge in [0, 0.05) is 13.2 Å². The third-order valence-corrected chi connectivity index (χ3v) is 2.93. The Balaban J connectivity index is 1.82. The molecule has 1 saturated carbocycles. The second-order valence-corrected chi connectivity index (χ2v) is 4.32. The van der Waals surface area contributed by atoms with Crippen LogP contribution in [0.25, 0.3) is 0 Å². The Kier molecular flexibility index (Phi) is 7.06. The van der Waals surface area contributed by atoms with E-state index in [1.165, 1.54) is 38.6 Å². The zero-order chi connectivity index (χ0) is 10.1. The molecule has 0 aromatic heterocycles. The average Bonchev–Trinajstić information content (AvgIpc) is 2.25. The van der Waals surface area contributed by atoms with Gasteiger partial charge < -0.3 is 10.1 Å². The first-order chi connectivity index (χ1) is 6.93. The molecule has 0 aliphatic heterocycles. The van der Waals surface area contributed by atoms with Gasteiger partial charge in [0.1, 0.15) is 0 Å². The summed E-state index contributed by atoms with van der Waals surface area (Å²) >= 11 is 0. The summed E-state index contributed by atoms with van der Waals surface area (Å²) in [5.41, 5.74) is 0. The summed E-state index contributed by atoms with van der Waals surface area (Å²) < 4.78 is 5.41. The largest absolute Gasteiger partial charge is 0.380 e. The Morgan fingerprint density at radius 3 is 2.64 bits per heavy atom. The number of nitrogens with one attached hydrogen (secondary N) is 1. The maximum atomic E-state index is 5.41. The molecular formula is C12H25NO. The fourth-order valence-electron chi connectivity index (χ4n) is 2.09. The highest BCUT2D eigenvalue weighted by Crippen LogP contribution is 2.22. The molecule has 0 aromatic carbocycles. The number of hydrogen-bond donors (Lipinski definition) is 1. The van der Waals surface area contributed by atoms with Gasteiger partial charge in [-0.1, -0.05) is 26.2 Å². The van der Waals surface area contributed by atoms with E-state index in [4.69, 9.17) is 4.74 Å². The summed E-state index contributed by atoms with van der Waals surface area (Å²) in [6, 6.07) is 0. The van der Waals surface area contributed by atoms with E-state index >= 15 is 0 Å². The minimum absolute atomic E-state index is 0.876. The van der Waals surface area contributed by atoms with Gasteiger partial charge in [-0.2, -0.15) is 0 Å². The predicted octanol–water partition coefficient (Wildman–Crippen LogP) is 2.58. The van der Waals surface area contributed by atoms with Crippen LogP contribution >= 0.6 is 0 Å². The van der Waals surface area contributed by atoms with Gasteiger partial charge in [0.15, 0.2) is 0 Å². The lowest BCUT2D eigenvalue weighted by Crippen LogP contribution is -2.27. The van der Waals surface area contributed by atoms with E-state index in [0.717, 1.165) is 32.1 Å². The van der Waals surface area contributed by atoms with Crippen molar-refractivity contribution in [1.82, 2.24) is 5.32 Å². The molecule has 1 rings (SSSR count). The fraction of sp³-hybridized carbons (Fsp3) is 1.00. The lowest BCUT2D eigenvalue weighted by molar-refractivity contribution is 0.135. The molecule has 1 aliphatic rings. The molecule has 1 fully saturated rings. The lowest BCUT2D eigenvalue weighted by Gasteiger charge is -2.21. The van der Waals surface area contributed by atoms with Crippen LogP contribution in [0.3, 0.4) is 0 Å².